The van der Waals surface area contributed by atoms with E-state index in [4.69, 9.17) is 9.15 Å². The zero-order chi connectivity index (χ0) is 15.8. The van der Waals surface area contributed by atoms with Gasteiger partial charge in [0.1, 0.15) is 11.9 Å². The van der Waals surface area contributed by atoms with Crippen LogP contribution in [0.2, 0.25) is 0 Å². The van der Waals surface area contributed by atoms with E-state index in [9.17, 15) is 9.65 Å². The minimum Gasteiger partial charge on any atom is -0.423 e. The van der Waals surface area contributed by atoms with Crippen LogP contribution in [0.25, 0.3) is 0 Å². The summed E-state index contributed by atoms with van der Waals surface area (Å²) in [6.07, 6.45) is 0.916. The monoisotopic (exact) mass is 313 g/mol. The molecule has 6 heteroatoms. The first kappa shape index (κ1) is 14.2. The van der Waals surface area contributed by atoms with Crippen LogP contribution in [-0.2, 0) is 4.74 Å². The van der Waals surface area contributed by atoms with Gasteiger partial charge in [-0.05, 0) is 30.0 Å². The van der Waals surface area contributed by atoms with Crippen LogP contribution in [0.4, 0.5) is 10.3 Å². The Morgan fingerprint density at radius 3 is 2.61 bits per heavy atom. The van der Waals surface area contributed by atoms with Crippen molar-refractivity contribution < 1.29 is 13.5 Å². The van der Waals surface area contributed by atoms with E-state index in [2.05, 4.69) is 11.1 Å². The lowest BCUT2D eigenvalue weighted by Crippen LogP contribution is -2.36. The summed E-state index contributed by atoms with van der Waals surface area (Å²) < 4.78 is 24.3. The normalized spacial score (nSPS) is 23.6. The molecule has 2 fully saturated rings. The number of halogens is 1. The van der Waals surface area contributed by atoms with Gasteiger partial charge >= 0.3 is 0 Å². The Hall–Kier alpha value is -2.39. The van der Waals surface area contributed by atoms with E-state index < -0.39 is 0 Å². The Morgan fingerprint density at radius 1 is 1.17 bits per heavy atom. The maximum Gasteiger partial charge on any atom is 0.234 e. The number of nitrogens with zero attached hydrogens (tertiary/aromatic N) is 3. The smallest absolute Gasteiger partial charge is 0.234 e. The van der Waals surface area contributed by atoms with Crippen LogP contribution < -0.4 is 4.90 Å². The highest BCUT2D eigenvalue weighted by molar-refractivity contribution is 5.49. The van der Waals surface area contributed by atoms with E-state index >= 15 is 0 Å². The quantitative estimate of drug-likeness (QED) is 0.872. The molecule has 2 heterocycles. The van der Waals surface area contributed by atoms with E-state index in [1.54, 1.807) is 12.1 Å². The van der Waals surface area contributed by atoms with Gasteiger partial charge in [-0.2, -0.15) is 5.26 Å². The number of anilines is 1. The van der Waals surface area contributed by atoms with Crippen LogP contribution in [0.15, 0.2) is 28.7 Å². The second-order valence-electron chi connectivity index (χ2n) is 5.92. The summed E-state index contributed by atoms with van der Waals surface area (Å²) >= 11 is 0. The van der Waals surface area contributed by atoms with Crippen molar-refractivity contribution in [3.05, 3.63) is 47.2 Å². The highest BCUT2D eigenvalue weighted by Gasteiger charge is 2.44. The maximum absolute atomic E-state index is 13.0. The van der Waals surface area contributed by atoms with Gasteiger partial charge in [-0.3, -0.25) is 0 Å². The third-order valence-electron chi connectivity index (χ3n) is 4.44. The molecule has 1 aliphatic heterocycles. The standard InChI is InChI=1S/C17H16FN3O2/c18-12-3-1-11(2-4-12)13-9-14(13)16-20-15(10-19)17(23-16)21-5-7-22-8-6-21/h1-4,13-14H,5-9H2. The van der Waals surface area contributed by atoms with Crippen LogP contribution in [0.1, 0.15) is 35.4 Å². The van der Waals surface area contributed by atoms with Crippen molar-refractivity contribution in [2.75, 3.05) is 31.2 Å². The summed E-state index contributed by atoms with van der Waals surface area (Å²) in [6.45, 7) is 2.66. The van der Waals surface area contributed by atoms with Gasteiger partial charge in [-0.1, -0.05) is 12.1 Å². The van der Waals surface area contributed by atoms with Gasteiger partial charge in [0, 0.05) is 19.0 Å². The minimum absolute atomic E-state index is 0.169. The first-order valence-corrected chi connectivity index (χ1v) is 7.75. The Morgan fingerprint density at radius 2 is 1.91 bits per heavy atom. The highest BCUT2D eigenvalue weighted by Crippen LogP contribution is 2.54. The summed E-state index contributed by atoms with van der Waals surface area (Å²) in [5.41, 5.74) is 1.42. The lowest BCUT2D eigenvalue weighted by atomic mass is 10.1. The van der Waals surface area contributed by atoms with Crippen LogP contribution in [0.3, 0.4) is 0 Å². The molecule has 1 saturated heterocycles. The third-order valence-corrected chi connectivity index (χ3v) is 4.44. The number of benzene rings is 1. The molecule has 2 atom stereocenters. The van der Waals surface area contributed by atoms with Crippen LogP contribution in [-0.4, -0.2) is 31.3 Å². The van der Waals surface area contributed by atoms with Gasteiger partial charge in [-0.15, -0.1) is 0 Å². The van der Waals surface area contributed by atoms with E-state index in [-0.39, 0.29) is 11.7 Å². The van der Waals surface area contributed by atoms with Gasteiger partial charge < -0.3 is 14.1 Å². The van der Waals surface area contributed by atoms with Crippen molar-refractivity contribution in [3.8, 4) is 6.07 Å². The lowest BCUT2D eigenvalue weighted by molar-refractivity contribution is 0.120. The Bertz CT molecular complexity index is 744. The van der Waals surface area contributed by atoms with Crippen LogP contribution in [0, 0.1) is 17.1 Å². The molecule has 1 aromatic heterocycles. The molecule has 1 saturated carbocycles. The Labute approximate surface area is 133 Å². The number of aromatic nitrogens is 1. The van der Waals surface area contributed by atoms with Crippen LogP contribution in [0.5, 0.6) is 0 Å². The summed E-state index contributed by atoms with van der Waals surface area (Å²) in [7, 11) is 0. The number of nitriles is 1. The molecule has 1 aromatic carbocycles. The Kier molecular flexibility index (Phi) is 3.50. The number of ether oxygens (including phenoxy) is 1. The zero-order valence-electron chi connectivity index (χ0n) is 12.5. The van der Waals surface area contributed by atoms with Crippen LogP contribution >= 0.6 is 0 Å². The predicted octanol–water partition coefficient (Wildman–Crippen LogP) is 2.79. The van der Waals surface area contributed by atoms with Gasteiger partial charge in [0.2, 0.25) is 17.5 Å². The number of oxazole rings is 1. The van der Waals surface area contributed by atoms with E-state index in [0.29, 0.717) is 49.7 Å². The fourth-order valence-electron chi connectivity index (χ4n) is 3.09. The fraction of sp³-hybridized carbons (Fsp3) is 0.412. The molecule has 23 heavy (non-hydrogen) atoms. The van der Waals surface area contributed by atoms with E-state index in [1.165, 1.54) is 12.1 Å². The van der Waals surface area contributed by atoms with Gasteiger partial charge in [-0.25, -0.2) is 9.37 Å². The summed E-state index contributed by atoms with van der Waals surface area (Å²) in [4.78, 5) is 6.38. The molecule has 1 aliphatic carbocycles. The molecule has 4 rings (SSSR count). The summed E-state index contributed by atoms with van der Waals surface area (Å²) in [5, 5.41) is 9.31. The number of morpholine rings is 1. The molecule has 2 aliphatic rings. The number of hydrogen-bond acceptors (Lipinski definition) is 5. The second-order valence-corrected chi connectivity index (χ2v) is 5.92. The topological polar surface area (TPSA) is 62.3 Å². The second kappa shape index (κ2) is 5.67. The zero-order valence-corrected chi connectivity index (χ0v) is 12.5. The SMILES string of the molecule is N#Cc1nc(C2CC2c2ccc(F)cc2)oc1N1CCOCC1. The summed E-state index contributed by atoms with van der Waals surface area (Å²) in [5.74, 6) is 1.39. The van der Waals surface area contributed by atoms with Gasteiger partial charge in [0.25, 0.3) is 0 Å². The molecule has 2 unspecified atom stereocenters. The first-order valence-electron chi connectivity index (χ1n) is 7.75. The molecule has 0 spiro atoms. The van der Waals surface area contributed by atoms with Crippen molar-refractivity contribution in [3.63, 3.8) is 0 Å². The highest BCUT2D eigenvalue weighted by atomic mass is 19.1. The van der Waals surface area contributed by atoms with Gasteiger partial charge in [0.15, 0.2) is 0 Å². The lowest BCUT2D eigenvalue weighted by Gasteiger charge is -2.26. The molecule has 118 valence electrons. The minimum atomic E-state index is -0.233. The third kappa shape index (κ3) is 2.68. The first-order chi connectivity index (χ1) is 11.3. The average molecular weight is 313 g/mol. The largest absolute Gasteiger partial charge is 0.423 e. The molecule has 0 radical (unpaired) electrons. The van der Waals surface area contributed by atoms with E-state index in [1.807, 2.05) is 4.90 Å². The van der Waals surface area contributed by atoms with Crippen molar-refractivity contribution in [1.82, 2.24) is 4.98 Å². The Balaban J connectivity index is 1.55. The molecular weight excluding hydrogens is 297 g/mol. The molecular formula is C17H16FN3O2. The number of hydrogen-bond donors (Lipinski definition) is 0. The van der Waals surface area contributed by atoms with Crippen molar-refractivity contribution in [1.29, 1.82) is 5.26 Å². The maximum atomic E-state index is 13.0. The molecule has 2 aromatic rings. The predicted molar refractivity (Wildman–Crippen MR) is 80.7 cm³/mol. The van der Waals surface area contributed by atoms with Crippen molar-refractivity contribution in [2.45, 2.75) is 18.3 Å². The summed E-state index contributed by atoms with van der Waals surface area (Å²) in [6, 6.07) is 8.67. The fourth-order valence-corrected chi connectivity index (χ4v) is 3.09. The molecule has 0 bridgehead atoms. The molecule has 0 N–H and O–H groups in total. The molecule has 0 amide bonds. The number of rotatable bonds is 3. The van der Waals surface area contributed by atoms with Crippen molar-refractivity contribution >= 4 is 5.88 Å². The van der Waals surface area contributed by atoms with E-state index in [0.717, 1.165) is 12.0 Å². The average Bonchev–Trinajstić information content (AvgIpc) is 3.27. The van der Waals surface area contributed by atoms with Crippen molar-refractivity contribution in [2.24, 2.45) is 0 Å². The molecule has 5 nitrogen and oxygen atoms in total. The van der Waals surface area contributed by atoms with Gasteiger partial charge in [0.05, 0.1) is 13.2 Å².